The van der Waals surface area contributed by atoms with Gasteiger partial charge in [0.25, 0.3) is 0 Å². The van der Waals surface area contributed by atoms with Crippen LogP contribution in [0.1, 0.15) is 28.8 Å². The van der Waals surface area contributed by atoms with Gasteiger partial charge in [-0.3, -0.25) is 4.79 Å². The minimum absolute atomic E-state index is 0.0291. The van der Waals surface area contributed by atoms with Crippen molar-refractivity contribution in [3.8, 4) is 22.3 Å². The molecule has 0 aliphatic heterocycles. The molecule has 8 aromatic carbocycles. The summed E-state index contributed by atoms with van der Waals surface area (Å²) < 4.78 is 0. The number of hydrogen-bond donors (Lipinski definition) is 0. The van der Waals surface area contributed by atoms with Gasteiger partial charge in [0.2, 0.25) is 0 Å². The Morgan fingerprint density at radius 3 is 1.76 bits per heavy atom. The molecule has 0 radical (unpaired) electrons. The Kier molecular flexibility index (Phi) is 6.18. The van der Waals surface area contributed by atoms with Crippen LogP contribution in [-0.2, 0) is 0 Å². The monoisotopic (exact) mass is 586 g/mol. The first-order valence-electron chi connectivity index (χ1n) is 16.0. The lowest BCUT2D eigenvalue weighted by molar-refractivity contribution is 0.103. The van der Waals surface area contributed by atoms with E-state index < -0.39 is 0 Å². The SMILES string of the molecule is O=C(c1cccc(-c2cccc3c4c(ccc23)=CCCC=4)c1)c1cccc(-c2cccc3c2ccc2cc4ccccc4cc23)c1. The van der Waals surface area contributed by atoms with Gasteiger partial charge in [0.15, 0.2) is 5.78 Å². The van der Waals surface area contributed by atoms with Crippen LogP contribution in [0.4, 0.5) is 0 Å². The first-order chi connectivity index (χ1) is 22.7. The van der Waals surface area contributed by atoms with Crippen LogP contribution in [0.25, 0.3) is 77.5 Å². The van der Waals surface area contributed by atoms with Crippen LogP contribution in [-0.4, -0.2) is 5.78 Å². The van der Waals surface area contributed by atoms with Crippen molar-refractivity contribution in [1.29, 1.82) is 0 Å². The summed E-state index contributed by atoms with van der Waals surface area (Å²) in [6, 6.07) is 51.2. The first-order valence-corrected chi connectivity index (χ1v) is 16.0. The minimum Gasteiger partial charge on any atom is -0.289 e. The zero-order chi connectivity index (χ0) is 30.6. The Bertz CT molecular complexity index is 2660. The molecule has 0 saturated heterocycles. The summed E-state index contributed by atoms with van der Waals surface area (Å²) in [5.74, 6) is 0.0291. The highest BCUT2D eigenvalue weighted by Gasteiger charge is 2.14. The number of carbonyl (C=O) groups excluding carboxylic acids is 1. The van der Waals surface area contributed by atoms with Gasteiger partial charge in [-0.25, -0.2) is 0 Å². The molecule has 8 aromatic rings. The smallest absolute Gasteiger partial charge is 0.193 e. The lowest BCUT2D eigenvalue weighted by Gasteiger charge is -2.12. The van der Waals surface area contributed by atoms with Gasteiger partial charge in [0.1, 0.15) is 0 Å². The minimum atomic E-state index is 0.0291. The Morgan fingerprint density at radius 1 is 0.413 bits per heavy atom. The molecule has 0 saturated carbocycles. The van der Waals surface area contributed by atoms with Gasteiger partial charge in [-0.2, -0.15) is 0 Å². The number of benzene rings is 8. The van der Waals surface area contributed by atoms with E-state index in [0.29, 0.717) is 11.1 Å². The second-order valence-corrected chi connectivity index (χ2v) is 12.3. The van der Waals surface area contributed by atoms with Crippen molar-refractivity contribution in [3.63, 3.8) is 0 Å². The lowest BCUT2D eigenvalue weighted by atomic mass is 9.91. The highest BCUT2D eigenvalue weighted by Crippen LogP contribution is 2.36. The summed E-state index contributed by atoms with van der Waals surface area (Å²) in [5, 5.41) is 12.5. The van der Waals surface area contributed by atoms with E-state index in [2.05, 4.69) is 121 Å². The average Bonchev–Trinajstić information content (AvgIpc) is 3.13. The predicted molar refractivity (Wildman–Crippen MR) is 195 cm³/mol. The molecule has 9 rings (SSSR count). The molecule has 0 atom stereocenters. The zero-order valence-corrected chi connectivity index (χ0v) is 25.3. The van der Waals surface area contributed by atoms with Crippen molar-refractivity contribution in [3.05, 3.63) is 167 Å². The molecule has 0 aromatic heterocycles. The Labute approximate surface area is 267 Å². The van der Waals surface area contributed by atoms with E-state index >= 15 is 0 Å². The van der Waals surface area contributed by atoms with E-state index in [-0.39, 0.29) is 5.78 Å². The van der Waals surface area contributed by atoms with E-state index in [1.54, 1.807) is 0 Å². The molecule has 0 spiro atoms. The summed E-state index contributed by atoms with van der Waals surface area (Å²) in [5.41, 5.74) is 5.76. The highest BCUT2D eigenvalue weighted by atomic mass is 16.1. The average molecular weight is 587 g/mol. The largest absolute Gasteiger partial charge is 0.289 e. The van der Waals surface area contributed by atoms with Crippen molar-refractivity contribution < 1.29 is 4.79 Å². The summed E-state index contributed by atoms with van der Waals surface area (Å²) in [6.45, 7) is 0. The van der Waals surface area contributed by atoms with Gasteiger partial charge in [0, 0.05) is 11.1 Å². The fraction of sp³-hybridized carbons (Fsp3) is 0.0444. The number of rotatable bonds is 4. The van der Waals surface area contributed by atoms with Crippen molar-refractivity contribution in [2.45, 2.75) is 12.8 Å². The quantitative estimate of drug-likeness (QED) is 0.114. The Hall–Kier alpha value is -5.79. The number of carbonyl (C=O) groups is 1. The van der Waals surface area contributed by atoms with Gasteiger partial charge in [-0.1, -0.05) is 133 Å². The number of hydrogen-bond acceptors (Lipinski definition) is 1. The molecular weight excluding hydrogens is 556 g/mol. The summed E-state index contributed by atoms with van der Waals surface area (Å²) >= 11 is 0. The van der Waals surface area contributed by atoms with Crippen LogP contribution in [0.15, 0.2) is 146 Å². The molecule has 0 N–H and O–H groups in total. The lowest BCUT2D eigenvalue weighted by Crippen LogP contribution is -2.27. The summed E-state index contributed by atoms with van der Waals surface area (Å²) in [7, 11) is 0. The van der Waals surface area contributed by atoms with Crippen LogP contribution in [0.3, 0.4) is 0 Å². The molecule has 1 heteroatoms. The van der Waals surface area contributed by atoms with Crippen LogP contribution in [0.2, 0.25) is 0 Å². The molecule has 0 bridgehead atoms. The molecule has 1 aliphatic carbocycles. The third-order valence-corrected chi connectivity index (χ3v) is 9.63. The Morgan fingerprint density at radius 2 is 1.02 bits per heavy atom. The molecule has 0 heterocycles. The molecular formula is C45H30O. The van der Waals surface area contributed by atoms with Gasteiger partial charge >= 0.3 is 0 Å². The van der Waals surface area contributed by atoms with Crippen molar-refractivity contribution in [1.82, 2.24) is 0 Å². The van der Waals surface area contributed by atoms with Crippen molar-refractivity contribution in [2.24, 2.45) is 0 Å². The van der Waals surface area contributed by atoms with E-state index in [9.17, 15) is 4.79 Å². The molecule has 1 aliphatic rings. The van der Waals surface area contributed by atoms with Gasteiger partial charge in [0.05, 0.1) is 0 Å². The maximum Gasteiger partial charge on any atom is 0.193 e. The molecule has 46 heavy (non-hydrogen) atoms. The van der Waals surface area contributed by atoms with E-state index in [1.165, 1.54) is 53.5 Å². The summed E-state index contributed by atoms with van der Waals surface area (Å²) in [4.78, 5) is 14.0. The van der Waals surface area contributed by atoms with Crippen molar-refractivity contribution >= 4 is 61.0 Å². The molecule has 0 unspecified atom stereocenters. The fourth-order valence-electron chi connectivity index (χ4n) is 7.38. The van der Waals surface area contributed by atoms with Crippen LogP contribution >= 0.6 is 0 Å². The maximum absolute atomic E-state index is 14.0. The molecule has 0 amide bonds. The van der Waals surface area contributed by atoms with Gasteiger partial charge in [-0.05, 0) is 113 Å². The zero-order valence-electron chi connectivity index (χ0n) is 25.3. The second-order valence-electron chi connectivity index (χ2n) is 12.3. The first kappa shape index (κ1) is 26.6. The van der Waals surface area contributed by atoms with Crippen molar-refractivity contribution in [2.75, 3.05) is 0 Å². The van der Waals surface area contributed by atoms with Gasteiger partial charge in [-0.15, -0.1) is 0 Å². The third kappa shape index (κ3) is 4.36. The standard InChI is InChI=1S/C45H30O/c46-45(35-14-5-12-32(26-35)38-17-7-19-40-37-16-4-3-9-29(37)21-23-42(38)40)36-15-6-13-33(27-36)39-18-8-20-41-43(39)24-22-34-25-30-10-1-2-11-31(30)28-44(34)41/h1-2,5-28H,3-4H2. The number of ketones is 1. The predicted octanol–water partition coefficient (Wildman–Crippen LogP) is 10.2. The molecule has 1 nitrogen and oxygen atoms in total. The van der Waals surface area contributed by atoms with E-state index in [0.717, 1.165) is 35.1 Å². The van der Waals surface area contributed by atoms with E-state index in [1.807, 2.05) is 36.4 Å². The van der Waals surface area contributed by atoms with Gasteiger partial charge < -0.3 is 0 Å². The topological polar surface area (TPSA) is 17.1 Å². The number of fused-ring (bicyclic) bond motifs is 7. The van der Waals surface area contributed by atoms with Crippen LogP contribution in [0, 0.1) is 0 Å². The molecule has 216 valence electrons. The van der Waals surface area contributed by atoms with Crippen LogP contribution in [0.5, 0.6) is 0 Å². The second kappa shape index (κ2) is 10.7. The highest BCUT2D eigenvalue weighted by molar-refractivity contribution is 6.16. The maximum atomic E-state index is 14.0. The molecule has 0 fully saturated rings. The Balaban J connectivity index is 1.11. The van der Waals surface area contributed by atoms with Crippen LogP contribution < -0.4 is 10.4 Å². The van der Waals surface area contributed by atoms with E-state index in [4.69, 9.17) is 0 Å². The summed E-state index contributed by atoms with van der Waals surface area (Å²) in [6.07, 6.45) is 6.86. The third-order valence-electron chi connectivity index (χ3n) is 9.63. The fourth-order valence-corrected chi connectivity index (χ4v) is 7.38. The normalized spacial score (nSPS) is 12.6.